The predicted molar refractivity (Wildman–Crippen MR) is 133 cm³/mol. The summed E-state index contributed by atoms with van der Waals surface area (Å²) in [6, 6.07) is 17.7. The van der Waals surface area contributed by atoms with Crippen LogP contribution in [0.3, 0.4) is 0 Å². The van der Waals surface area contributed by atoms with Gasteiger partial charge in [-0.1, -0.05) is 24.3 Å². The van der Waals surface area contributed by atoms with E-state index in [1.54, 1.807) is 32.2 Å². The molecule has 0 aliphatic carbocycles. The number of anilines is 2. The molecule has 10 nitrogen and oxygen atoms in total. The van der Waals surface area contributed by atoms with Crippen LogP contribution >= 0.6 is 0 Å². The summed E-state index contributed by atoms with van der Waals surface area (Å²) >= 11 is 0. The Morgan fingerprint density at radius 1 is 0.917 bits per heavy atom. The monoisotopic (exact) mass is 491 g/mol. The van der Waals surface area contributed by atoms with Gasteiger partial charge in [0.1, 0.15) is 5.75 Å². The number of nitrogens with zero attached hydrogens (tertiary/aromatic N) is 1. The molecule has 0 saturated heterocycles. The van der Waals surface area contributed by atoms with Gasteiger partial charge in [0.2, 0.25) is 5.91 Å². The lowest BCUT2D eigenvalue weighted by Gasteiger charge is -2.12. The summed E-state index contributed by atoms with van der Waals surface area (Å²) in [5, 5.41) is 16.1. The number of methoxy groups -OCH3 is 1. The van der Waals surface area contributed by atoms with E-state index in [2.05, 4.69) is 10.6 Å². The van der Waals surface area contributed by atoms with E-state index in [9.17, 15) is 24.5 Å². The lowest BCUT2D eigenvalue weighted by Crippen LogP contribution is -2.22. The first-order chi connectivity index (χ1) is 17.3. The van der Waals surface area contributed by atoms with Crippen molar-refractivity contribution in [3.05, 3.63) is 93.5 Å². The third-order valence-electron chi connectivity index (χ3n) is 5.25. The molecular formula is C26H25N3O7. The predicted octanol–water partition coefficient (Wildman–Crippen LogP) is 4.28. The fourth-order valence-corrected chi connectivity index (χ4v) is 3.33. The summed E-state index contributed by atoms with van der Waals surface area (Å²) in [7, 11) is 1.58. The van der Waals surface area contributed by atoms with Gasteiger partial charge in [0.15, 0.2) is 6.61 Å². The largest absolute Gasteiger partial charge is 0.497 e. The molecule has 3 aromatic rings. The van der Waals surface area contributed by atoms with Crippen LogP contribution in [0.2, 0.25) is 0 Å². The van der Waals surface area contributed by atoms with Crippen molar-refractivity contribution < 1.29 is 28.8 Å². The highest BCUT2D eigenvalue weighted by atomic mass is 16.6. The number of para-hydroxylation sites is 1. The maximum Gasteiger partial charge on any atom is 0.340 e. The molecule has 36 heavy (non-hydrogen) atoms. The average Bonchev–Trinajstić information content (AvgIpc) is 2.87. The maximum atomic E-state index is 12.6. The second-order valence-electron chi connectivity index (χ2n) is 7.82. The van der Waals surface area contributed by atoms with Gasteiger partial charge < -0.3 is 20.1 Å². The highest BCUT2D eigenvalue weighted by molar-refractivity contribution is 6.02. The van der Waals surface area contributed by atoms with Crippen molar-refractivity contribution in [3.63, 3.8) is 0 Å². The fourth-order valence-electron chi connectivity index (χ4n) is 3.33. The normalized spacial score (nSPS) is 10.3. The van der Waals surface area contributed by atoms with Gasteiger partial charge >= 0.3 is 5.97 Å². The summed E-state index contributed by atoms with van der Waals surface area (Å²) in [5.41, 5.74) is 2.11. The number of nitro benzene ring substituents is 1. The summed E-state index contributed by atoms with van der Waals surface area (Å²) in [6.07, 6.45) is 0.706. The van der Waals surface area contributed by atoms with E-state index in [-0.39, 0.29) is 29.3 Å². The molecule has 3 rings (SSSR count). The van der Waals surface area contributed by atoms with Crippen LogP contribution in [0.1, 0.15) is 27.9 Å². The van der Waals surface area contributed by atoms with Crippen LogP contribution in [-0.2, 0) is 20.7 Å². The zero-order valence-corrected chi connectivity index (χ0v) is 19.8. The molecule has 0 heterocycles. The molecule has 0 atom stereocenters. The molecule has 10 heteroatoms. The molecular weight excluding hydrogens is 466 g/mol. The lowest BCUT2D eigenvalue weighted by atomic mass is 10.1. The van der Waals surface area contributed by atoms with E-state index in [1.807, 2.05) is 24.3 Å². The number of hydrogen-bond donors (Lipinski definition) is 2. The van der Waals surface area contributed by atoms with Gasteiger partial charge in [0, 0.05) is 24.2 Å². The van der Waals surface area contributed by atoms with Gasteiger partial charge in [0.25, 0.3) is 11.6 Å². The van der Waals surface area contributed by atoms with Gasteiger partial charge in [-0.25, -0.2) is 4.79 Å². The standard InChI is InChI=1S/C26H25N3O7/c1-17-15-19(29(33)34)10-13-22(17)27-25(31)16-36-26(32)21-5-3-4-6-23(21)28-24(30)14-9-18-7-11-20(35-2)12-8-18/h3-8,10-13,15H,9,14,16H2,1-2H3,(H,27,31)(H,28,30). The van der Waals surface area contributed by atoms with Gasteiger partial charge in [0.05, 0.1) is 23.3 Å². The first kappa shape index (κ1) is 25.9. The van der Waals surface area contributed by atoms with Crippen molar-refractivity contribution in [2.45, 2.75) is 19.8 Å². The van der Waals surface area contributed by atoms with Crippen LogP contribution in [0.4, 0.5) is 17.1 Å². The number of carbonyl (C=O) groups excluding carboxylic acids is 3. The van der Waals surface area contributed by atoms with E-state index in [0.717, 1.165) is 11.3 Å². The van der Waals surface area contributed by atoms with Crippen LogP contribution in [0.25, 0.3) is 0 Å². The van der Waals surface area contributed by atoms with Crippen LogP contribution in [-0.4, -0.2) is 36.4 Å². The van der Waals surface area contributed by atoms with Gasteiger partial charge in [-0.05, 0) is 54.8 Å². The second-order valence-corrected chi connectivity index (χ2v) is 7.82. The number of nitro groups is 1. The topological polar surface area (TPSA) is 137 Å². The number of ether oxygens (including phenoxy) is 2. The highest BCUT2D eigenvalue weighted by Crippen LogP contribution is 2.21. The third kappa shape index (κ3) is 7.13. The smallest absolute Gasteiger partial charge is 0.340 e. The Kier molecular flexibility index (Phi) is 8.71. The van der Waals surface area contributed by atoms with Gasteiger partial charge in [-0.2, -0.15) is 0 Å². The molecule has 0 bridgehead atoms. The van der Waals surface area contributed by atoms with Crippen molar-refractivity contribution in [3.8, 4) is 5.75 Å². The van der Waals surface area contributed by atoms with E-state index in [1.165, 1.54) is 24.3 Å². The number of hydrogen-bond acceptors (Lipinski definition) is 7. The summed E-state index contributed by atoms with van der Waals surface area (Å²) in [4.78, 5) is 47.6. The molecule has 0 aromatic heterocycles. The van der Waals surface area contributed by atoms with Crippen LogP contribution in [0, 0.1) is 17.0 Å². The Bertz CT molecular complexity index is 1270. The molecule has 186 valence electrons. The fraction of sp³-hybridized carbons (Fsp3) is 0.192. The van der Waals surface area contributed by atoms with E-state index >= 15 is 0 Å². The molecule has 0 aliphatic rings. The maximum absolute atomic E-state index is 12.6. The number of non-ortho nitro benzene ring substituents is 1. The van der Waals surface area contributed by atoms with Crippen molar-refractivity contribution in [2.24, 2.45) is 0 Å². The molecule has 0 aliphatic heterocycles. The average molecular weight is 492 g/mol. The molecule has 0 spiro atoms. The minimum Gasteiger partial charge on any atom is -0.497 e. The number of amides is 2. The summed E-state index contributed by atoms with van der Waals surface area (Å²) in [6.45, 7) is 1.04. The van der Waals surface area contributed by atoms with Crippen molar-refractivity contribution in [1.29, 1.82) is 0 Å². The van der Waals surface area contributed by atoms with Crippen molar-refractivity contribution in [2.75, 3.05) is 24.4 Å². The molecule has 0 radical (unpaired) electrons. The van der Waals surface area contributed by atoms with Crippen molar-refractivity contribution in [1.82, 2.24) is 0 Å². The Balaban J connectivity index is 1.54. The van der Waals surface area contributed by atoms with Gasteiger partial charge in [-0.3, -0.25) is 19.7 Å². The molecule has 0 unspecified atom stereocenters. The molecule has 2 amide bonds. The number of nitrogens with one attached hydrogen (secondary N) is 2. The second kappa shape index (κ2) is 12.1. The lowest BCUT2D eigenvalue weighted by molar-refractivity contribution is -0.384. The Morgan fingerprint density at radius 2 is 1.61 bits per heavy atom. The Morgan fingerprint density at radius 3 is 2.28 bits per heavy atom. The van der Waals surface area contributed by atoms with Crippen LogP contribution < -0.4 is 15.4 Å². The summed E-state index contributed by atoms with van der Waals surface area (Å²) in [5.74, 6) is -0.942. The SMILES string of the molecule is COc1ccc(CCC(=O)Nc2ccccc2C(=O)OCC(=O)Nc2ccc([N+](=O)[O-])cc2C)cc1. The Labute approximate surface area is 207 Å². The van der Waals surface area contributed by atoms with E-state index in [0.29, 0.717) is 17.7 Å². The first-order valence-electron chi connectivity index (χ1n) is 11.0. The molecule has 0 fully saturated rings. The molecule has 3 aromatic carbocycles. The minimum absolute atomic E-state index is 0.0976. The summed E-state index contributed by atoms with van der Waals surface area (Å²) < 4.78 is 10.2. The number of carbonyl (C=O) groups is 3. The molecule has 2 N–H and O–H groups in total. The number of benzene rings is 3. The van der Waals surface area contributed by atoms with E-state index in [4.69, 9.17) is 9.47 Å². The number of aryl methyl sites for hydroxylation is 2. The zero-order chi connectivity index (χ0) is 26.1. The number of rotatable bonds is 10. The van der Waals surface area contributed by atoms with Crippen molar-refractivity contribution >= 4 is 34.8 Å². The zero-order valence-electron chi connectivity index (χ0n) is 19.8. The number of esters is 1. The quantitative estimate of drug-likeness (QED) is 0.245. The van der Waals surface area contributed by atoms with Gasteiger partial charge in [-0.15, -0.1) is 0 Å². The highest BCUT2D eigenvalue weighted by Gasteiger charge is 2.17. The van der Waals surface area contributed by atoms with Crippen LogP contribution in [0.15, 0.2) is 66.7 Å². The Hall–Kier alpha value is -4.73. The third-order valence-corrected chi connectivity index (χ3v) is 5.25. The van der Waals surface area contributed by atoms with Crippen LogP contribution in [0.5, 0.6) is 5.75 Å². The molecule has 0 saturated carbocycles. The first-order valence-corrected chi connectivity index (χ1v) is 11.0. The van der Waals surface area contributed by atoms with E-state index < -0.39 is 23.4 Å². The minimum atomic E-state index is -0.781.